The fourth-order valence-corrected chi connectivity index (χ4v) is 1.45. The van der Waals surface area contributed by atoms with E-state index in [1.54, 1.807) is 4.57 Å². The predicted molar refractivity (Wildman–Crippen MR) is 54.7 cm³/mol. The summed E-state index contributed by atoms with van der Waals surface area (Å²) in [5.41, 5.74) is -0.318. The topological polar surface area (TPSA) is 82.7 Å². The molecular weight excluding hydrogens is 198 g/mol. The molecule has 84 valence electrons. The van der Waals surface area contributed by atoms with Crippen molar-refractivity contribution in [3.8, 4) is 5.75 Å². The second-order valence-electron chi connectivity index (χ2n) is 3.36. The number of aromatic hydroxyl groups is 1. The van der Waals surface area contributed by atoms with Gasteiger partial charge in [0.15, 0.2) is 5.75 Å². The van der Waals surface area contributed by atoms with Crippen LogP contribution in [0.4, 0.5) is 0 Å². The van der Waals surface area contributed by atoms with Crippen LogP contribution in [0.1, 0.15) is 25.1 Å². The third-order valence-electron chi connectivity index (χ3n) is 2.14. The first-order valence-electron chi connectivity index (χ1n) is 4.79. The molecule has 5 nitrogen and oxygen atoms in total. The van der Waals surface area contributed by atoms with Crippen LogP contribution in [0.15, 0.2) is 17.1 Å². The largest absolute Gasteiger partial charge is 0.503 e. The van der Waals surface area contributed by atoms with Crippen LogP contribution in [0.2, 0.25) is 0 Å². The zero-order chi connectivity index (χ0) is 11.4. The van der Waals surface area contributed by atoms with Gasteiger partial charge in [-0.2, -0.15) is 0 Å². The van der Waals surface area contributed by atoms with Gasteiger partial charge < -0.3 is 19.9 Å². The molecule has 1 aromatic heterocycles. The molecule has 3 N–H and O–H groups in total. The second kappa shape index (κ2) is 4.95. The molecule has 0 aromatic carbocycles. The number of pyridine rings is 1. The second-order valence-corrected chi connectivity index (χ2v) is 3.36. The van der Waals surface area contributed by atoms with E-state index in [9.17, 15) is 15.0 Å². The van der Waals surface area contributed by atoms with Gasteiger partial charge in [0, 0.05) is 25.4 Å². The fourth-order valence-electron chi connectivity index (χ4n) is 1.45. The van der Waals surface area contributed by atoms with Crippen molar-refractivity contribution >= 4 is 0 Å². The van der Waals surface area contributed by atoms with Crippen LogP contribution < -0.4 is 5.43 Å². The van der Waals surface area contributed by atoms with E-state index in [-0.39, 0.29) is 12.3 Å². The Morgan fingerprint density at radius 1 is 1.53 bits per heavy atom. The first kappa shape index (κ1) is 11.7. The van der Waals surface area contributed by atoms with Gasteiger partial charge in [0.2, 0.25) is 5.43 Å². The lowest BCUT2D eigenvalue weighted by molar-refractivity contribution is 0.180. The van der Waals surface area contributed by atoms with Crippen LogP contribution in [0.25, 0.3) is 0 Å². The number of aliphatic hydroxyl groups excluding tert-OH is 2. The maximum absolute atomic E-state index is 11.1. The lowest BCUT2D eigenvalue weighted by atomic mass is 10.2. The first-order valence-corrected chi connectivity index (χ1v) is 4.79. The molecule has 0 unspecified atom stereocenters. The minimum atomic E-state index is -0.919. The Labute approximate surface area is 87.2 Å². The molecule has 0 bridgehead atoms. The third-order valence-corrected chi connectivity index (χ3v) is 2.14. The molecule has 1 atom stereocenters. The lowest BCUT2D eigenvalue weighted by Crippen LogP contribution is -2.15. The number of aryl methyl sites for hydroxylation is 1. The highest BCUT2D eigenvalue weighted by Gasteiger charge is 2.14. The van der Waals surface area contributed by atoms with Gasteiger partial charge in [0.05, 0.1) is 11.8 Å². The molecule has 0 aliphatic heterocycles. The molecule has 0 aliphatic rings. The zero-order valence-corrected chi connectivity index (χ0v) is 8.55. The summed E-state index contributed by atoms with van der Waals surface area (Å²) in [5, 5.41) is 27.6. The molecule has 0 fully saturated rings. The van der Waals surface area contributed by atoms with Gasteiger partial charge in [-0.1, -0.05) is 0 Å². The highest BCUT2D eigenvalue weighted by atomic mass is 16.3. The van der Waals surface area contributed by atoms with Crippen molar-refractivity contribution in [3.05, 3.63) is 28.2 Å². The molecule has 5 heteroatoms. The van der Waals surface area contributed by atoms with Crippen LogP contribution in [0, 0.1) is 0 Å². The van der Waals surface area contributed by atoms with Crippen molar-refractivity contribution in [3.63, 3.8) is 0 Å². The van der Waals surface area contributed by atoms with Gasteiger partial charge in [-0.15, -0.1) is 0 Å². The van der Waals surface area contributed by atoms with Crippen molar-refractivity contribution in [2.45, 2.75) is 26.0 Å². The van der Waals surface area contributed by atoms with E-state index in [2.05, 4.69) is 0 Å². The molecule has 0 saturated heterocycles. The van der Waals surface area contributed by atoms with Crippen LogP contribution in [-0.4, -0.2) is 26.5 Å². The normalized spacial score (nSPS) is 12.7. The Morgan fingerprint density at radius 3 is 2.73 bits per heavy atom. The summed E-state index contributed by atoms with van der Waals surface area (Å²) in [6.07, 6.45) is 1.08. The van der Waals surface area contributed by atoms with Crippen LogP contribution >= 0.6 is 0 Å². The van der Waals surface area contributed by atoms with Gasteiger partial charge in [-0.25, -0.2) is 0 Å². The van der Waals surface area contributed by atoms with Crippen molar-refractivity contribution in [2.75, 3.05) is 6.61 Å². The predicted octanol–water partition coefficient (Wildman–Crippen LogP) is -0.0104. The molecule has 1 aromatic rings. The molecule has 1 rings (SSSR count). The van der Waals surface area contributed by atoms with Gasteiger partial charge >= 0.3 is 0 Å². The Bertz CT molecular complexity index is 383. The fraction of sp³-hybridized carbons (Fsp3) is 0.500. The van der Waals surface area contributed by atoms with Crippen molar-refractivity contribution in [2.24, 2.45) is 0 Å². The average molecular weight is 213 g/mol. The number of hydrogen-bond acceptors (Lipinski definition) is 4. The molecule has 0 radical (unpaired) electrons. The first-order chi connectivity index (χ1) is 7.07. The van der Waals surface area contributed by atoms with E-state index in [0.717, 1.165) is 0 Å². The summed E-state index contributed by atoms with van der Waals surface area (Å²) >= 11 is 0. The van der Waals surface area contributed by atoms with E-state index in [1.807, 2.05) is 0 Å². The van der Waals surface area contributed by atoms with Crippen molar-refractivity contribution in [1.29, 1.82) is 0 Å². The Balaban J connectivity index is 3.15. The van der Waals surface area contributed by atoms with Crippen LogP contribution in [0.3, 0.4) is 0 Å². The molecule has 0 amide bonds. The van der Waals surface area contributed by atoms with Gasteiger partial charge in [0.25, 0.3) is 0 Å². The van der Waals surface area contributed by atoms with Crippen LogP contribution in [0.5, 0.6) is 5.75 Å². The van der Waals surface area contributed by atoms with E-state index in [0.29, 0.717) is 13.0 Å². The number of rotatable bonds is 4. The number of hydrogen-bond donors (Lipinski definition) is 3. The smallest absolute Gasteiger partial charge is 0.223 e. The zero-order valence-electron chi connectivity index (χ0n) is 8.55. The quantitative estimate of drug-likeness (QED) is 0.657. The molecule has 1 heterocycles. The molecular formula is C10H15NO4. The minimum Gasteiger partial charge on any atom is -0.503 e. The van der Waals surface area contributed by atoms with Gasteiger partial charge in [-0.3, -0.25) is 4.79 Å². The van der Waals surface area contributed by atoms with Crippen molar-refractivity contribution in [1.82, 2.24) is 4.57 Å². The Kier molecular flexibility index (Phi) is 3.88. The summed E-state index contributed by atoms with van der Waals surface area (Å²) < 4.78 is 1.57. The van der Waals surface area contributed by atoms with E-state index >= 15 is 0 Å². The summed E-state index contributed by atoms with van der Waals surface area (Å²) in [5.74, 6) is -0.426. The number of aliphatic hydroxyl groups is 2. The number of aromatic nitrogens is 1. The molecule has 0 saturated carbocycles. The van der Waals surface area contributed by atoms with Gasteiger partial charge in [0.1, 0.15) is 0 Å². The molecule has 0 aliphatic carbocycles. The summed E-state index contributed by atoms with van der Waals surface area (Å²) in [6.45, 7) is 1.95. The van der Waals surface area contributed by atoms with E-state index in [1.165, 1.54) is 19.2 Å². The average Bonchev–Trinajstić information content (AvgIpc) is 2.19. The Hall–Kier alpha value is -1.33. The standard InChI is InChI=1S/C10H15NO4/c1-7(13)9-10(15)8(14)3-5-11(9)4-2-6-12/h3,5,7,12-13,15H,2,4,6H2,1H3/t7-/m1/s1. The van der Waals surface area contributed by atoms with Gasteiger partial charge in [-0.05, 0) is 13.3 Å². The molecule has 0 spiro atoms. The summed E-state index contributed by atoms with van der Waals surface area (Å²) in [7, 11) is 0. The summed E-state index contributed by atoms with van der Waals surface area (Å²) in [6, 6.07) is 1.23. The third kappa shape index (κ3) is 2.57. The maximum Gasteiger partial charge on any atom is 0.223 e. The maximum atomic E-state index is 11.1. The minimum absolute atomic E-state index is 0.0200. The van der Waals surface area contributed by atoms with Crippen molar-refractivity contribution < 1.29 is 15.3 Å². The van der Waals surface area contributed by atoms with E-state index < -0.39 is 17.3 Å². The molecule has 15 heavy (non-hydrogen) atoms. The monoisotopic (exact) mass is 213 g/mol. The number of nitrogens with zero attached hydrogens (tertiary/aromatic N) is 1. The Morgan fingerprint density at radius 2 is 2.20 bits per heavy atom. The highest BCUT2D eigenvalue weighted by Crippen LogP contribution is 2.19. The SMILES string of the molecule is C[C@@H](O)c1c(O)c(=O)ccn1CCCO. The van der Waals surface area contributed by atoms with Crippen LogP contribution in [-0.2, 0) is 6.54 Å². The lowest BCUT2D eigenvalue weighted by Gasteiger charge is -2.15. The van der Waals surface area contributed by atoms with E-state index in [4.69, 9.17) is 5.11 Å². The summed E-state index contributed by atoms with van der Waals surface area (Å²) in [4.78, 5) is 11.1. The highest BCUT2D eigenvalue weighted by molar-refractivity contribution is 5.28.